The molecule has 0 spiro atoms. The Balaban J connectivity index is 2.05. The van der Waals surface area contributed by atoms with E-state index < -0.39 is 6.36 Å². The number of halogens is 3. The van der Waals surface area contributed by atoms with Gasteiger partial charge >= 0.3 is 6.36 Å². The molecular formula is C16H19F3N4OS. The van der Waals surface area contributed by atoms with Crippen molar-refractivity contribution in [1.82, 2.24) is 15.6 Å². The number of aliphatic imine (C=N–C) groups is 1. The van der Waals surface area contributed by atoms with Crippen LogP contribution in [0.5, 0.6) is 5.75 Å². The van der Waals surface area contributed by atoms with Crippen LogP contribution in [-0.4, -0.2) is 23.9 Å². The molecule has 1 heterocycles. The van der Waals surface area contributed by atoms with Crippen molar-refractivity contribution in [2.75, 3.05) is 6.54 Å². The second kappa shape index (κ2) is 8.70. The molecule has 0 bridgehead atoms. The third-order valence-electron chi connectivity index (χ3n) is 3.03. The Morgan fingerprint density at radius 2 is 2.04 bits per heavy atom. The van der Waals surface area contributed by atoms with Crippen LogP contribution in [0.1, 0.15) is 22.4 Å². The molecule has 2 rings (SSSR count). The standard InChI is InChI=1S/C16H19F3N4OS/c1-3-20-15(23-10-14-21-8-11(2)25-14)22-9-12-6-4-5-7-13(12)24-16(17,18)19/h4-8H,3,9-10H2,1-2H3,(H2,20,22,23). The largest absolute Gasteiger partial charge is 0.573 e. The van der Waals surface area contributed by atoms with Crippen molar-refractivity contribution >= 4 is 17.3 Å². The maximum Gasteiger partial charge on any atom is 0.573 e. The van der Waals surface area contributed by atoms with Gasteiger partial charge in [0.05, 0.1) is 13.1 Å². The molecule has 1 aromatic carbocycles. The molecule has 9 heteroatoms. The summed E-state index contributed by atoms with van der Waals surface area (Å²) >= 11 is 1.57. The number of guanidine groups is 1. The molecule has 1 aromatic heterocycles. The first-order valence-electron chi connectivity index (χ1n) is 7.64. The van der Waals surface area contributed by atoms with Crippen molar-refractivity contribution < 1.29 is 17.9 Å². The summed E-state index contributed by atoms with van der Waals surface area (Å²) < 4.78 is 41.4. The van der Waals surface area contributed by atoms with Crippen molar-refractivity contribution in [2.45, 2.75) is 33.3 Å². The Labute approximate surface area is 148 Å². The van der Waals surface area contributed by atoms with E-state index in [2.05, 4.69) is 25.3 Å². The third kappa shape index (κ3) is 6.61. The third-order valence-corrected chi connectivity index (χ3v) is 3.94. The van der Waals surface area contributed by atoms with Gasteiger partial charge in [0, 0.05) is 23.2 Å². The van der Waals surface area contributed by atoms with Crippen LogP contribution in [0.2, 0.25) is 0 Å². The average Bonchev–Trinajstić information content (AvgIpc) is 2.95. The quantitative estimate of drug-likeness (QED) is 0.601. The molecule has 0 aliphatic carbocycles. The fourth-order valence-electron chi connectivity index (χ4n) is 2.01. The van der Waals surface area contributed by atoms with Crippen molar-refractivity contribution in [2.24, 2.45) is 4.99 Å². The lowest BCUT2D eigenvalue weighted by molar-refractivity contribution is -0.274. The Morgan fingerprint density at radius 3 is 2.68 bits per heavy atom. The monoisotopic (exact) mass is 372 g/mol. The zero-order chi connectivity index (χ0) is 18.3. The second-order valence-corrected chi connectivity index (χ2v) is 6.39. The lowest BCUT2D eigenvalue weighted by Crippen LogP contribution is -2.36. The van der Waals surface area contributed by atoms with E-state index in [1.165, 1.54) is 12.1 Å². The number of alkyl halides is 3. The predicted octanol–water partition coefficient (Wildman–Crippen LogP) is 3.61. The lowest BCUT2D eigenvalue weighted by Gasteiger charge is -2.13. The molecule has 0 saturated carbocycles. The molecule has 5 nitrogen and oxygen atoms in total. The number of rotatable bonds is 6. The van der Waals surface area contributed by atoms with Gasteiger partial charge in [-0.2, -0.15) is 0 Å². The highest BCUT2D eigenvalue weighted by Crippen LogP contribution is 2.26. The fourth-order valence-corrected chi connectivity index (χ4v) is 2.73. The Hall–Kier alpha value is -2.29. The van der Waals surface area contributed by atoms with Crippen LogP contribution >= 0.6 is 11.3 Å². The highest BCUT2D eigenvalue weighted by Gasteiger charge is 2.31. The number of hydrogen-bond acceptors (Lipinski definition) is 4. The number of hydrogen-bond donors (Lipinski definition) is 2. The van der Waals surface area contributed by atoms with E-state index in [0.29, 0.717) is 24.6 Å². The van der Waals surface area contributed by atoms with Crippen molar-refractivity contribution in [3.05, 3.63) is 45.9 Å². The van der Waals surface area contributed by atoms with Gasteiger partial charge in [-0.05, 0) is 19.9 Å². The summed E-state index contributed by atoms with van der Waals surface area (Å²) in [5.41, 5.74) is 0.349. The summed E-state index contributed by atoms with van der Waals surface area (Å²) in [6.45, 7) is 5.05. The van der Waals surface area contributed by atoms with Gasteiger partial charge in [-0.15, -0.1) is 24.5 Å². The molecule has 0 aliphatic heterocycles. The SMILES string of the molecule is CCNC(=NCc1ccccc1OC(F)(F)F)NCc1ncc(C)s1. The van der Waals surface area contributed by atoms with Crippen LogP contribution in [-0.2, 0) is 13.1 Å². The van der Waals surface area contributed by atoms with Crippen molar-refractivity contribution in [3.63, 3.8) is 0 Å². The van der Waals surface area contributed by atoms with Gasteiger partial charge in [0.25, 0.3) is 0 Å². The summed E-state index contributed by atoms with van der Waals surface area (Å²) in [7, 11) is 0. The molecule has 25 heavy (non-hydrogen) atoms. The van der Waals surface area contributed by atoms with Gasteiger partial charge in [0.2, 0.25) is 0 Å². The lowest BCUT2D eigenvalue weighted by atomic mass is 10.2. The number of ether oxygens (including phenoxy) is 1. The Kier molecular flexibility index (Phi) is 6.63. The van der Waals surface area contributed by atoms with Crippen LogP contribution in [0.3, 0.4) is 0 Å². The molecule has 2 N–H and O–H groups in total. The highest BCUT2D eigenvalue weighted by molar-refractivity contribution is 7.11. The number of nitrogens with zero attached hydrogens (tertiary/aromatic N) is 2. The van der Waals surface area contributed by atoms with Crippen LogP contribution in [0.4, 0.5) is 13.2 Å². The van der Waals surface area contributed by atoms with Gasteiger partial charge in [0.1, 0.15) is 10.8 Å². The number of para-hydroxylation sites is 1. The Morgan fingerprint density at radius 1 is 1.28 bits per heavy atom. The normalized spacial score (nSPS) is 12.1. The van der Waals surface area contributed by atoms with E-state index in [9.17, 15) is 13.2 Å². The molecule has 0 amide bonds. The first kappa shape index (κ1) is 19.0. The highest BCUT2D eigenvalue weighted by atomic mass is 32.1. The van der Waals surface area contributed by atoms with Crippen molar-refractivity contribution in [1.29, 1.82) is 0 Å². The number of thiazole rings is 1. The van der Waals surface area contributed by atoms with Crippen molar-refractivity contribution in [3.8, 4) is 5.75 Å². The number of aromatic nitrogens is 1. The predicted molar refractivity (Wildman–Crippen MR) is 91.6 cm³/mol. The van der Waals surface area contributed by atoms with E-state index in [1.54, 1.807) is 29.7 Å². The van der Waals surface area contributed by atoms with E-state index in [4.69, 9.17) is 0 Å². The molecule has 0 radical (unpaired) electrons. The van der Waals surface area contributed by atoms with Gasteiger partial charge in [-0.25, -0.2) is 9.98 Å². The van der Waals surface area contributed by atoms with Gasteiger partial charge < -0.3 is 15.4 Å². The molecule has 2 aromatic rings. The summed E-state index contributed by atoms with van der Waals surface area (Å²) in [4.78, 5) is 9.68. The van der Waals surface area contributed by atoms with E-state index in [0.717, 1.165) is 9.88 Å². The smallest absolute Gasteiger partial charge is 0.405 e. The molecule has 0 aliphatic rings. The number of benzene rings is 1. The molecule has 0 atom stereocenters. The van der Waals surface area contributed by atoms with Crippen LogP contribution in [0.25, 0.3) is 0 Å². The summed E-state index contributed by atoms with van der Waals surface area (Å²) in [6, 6.07) is 5.96. The van der Waals surface area contributed by atoms with Crippen LogP contribution in [0, 0.1) is 6.92 Å². The van der Waals surface area contributed by atoms with E-state index >= 15 is 0 Å². The van der Waals surface area contributed by atoms with Crippen LogP contribution < -0.4 is 15.4 Å². The Bertz CT molecular complexity index is 715. The first-order chi connectivity index (χ1) is 11.9. The average molecular weight is 372 g/mol. The zero-order valence-corrected chi connectivity index (χ0v) is 14.7. The topological polar surface area (TPSA) is 58.5 Å². The van der Waals surface area contributed by atoms with Gasteiger partial charge in [-0.1, -0.05) is 18.2 Å². The molecule has 0 fully saturated rings. The first-order valence-corrected chi connectivity index (χ1v) is 8.46. The molecule has 136 valence electrons. The van der Waals surface area contributed by atoms with Crippen LogP contribution in [0.15, 0.2) is 35.5 Å². The maximum atomic E-state index is 12.5. The summed E-state index contributed by atoms with van der Waals surface area (Å²) in [5, 5.41) is 7.07. The minimum absolute atomic E-state index is 0.0541. The second-order valence-electron chi connectivity index (χ2n) is 5.07. The summed E-state index contributed by atoms with van der Waals surface area (Å²) in [6.07, 6.45) is -2.94. The number of nitrogens with one attached hydrogen (secondary N) is 2. The minimum Gasteiger partial charge on any atom is -0.405 e. The summed E-state index contributed by atoms with van der Waals surface area (Å²) in [5.74, 6) is 0.252. The molecule has 0 saturated heterocycles. The van der Waals surface area contributed by atoms with Gasteiger partial charge in [0.15, 0.2) is 5.96 Å². The zero-order valence-electron chi connectivity index (χ0n) is 13.9. The minimum atomic E-state index is -4.73. The number of aryl methyl sites for hydroxylation is 1. The van der Waals surface area contributed by atoms with E-state index in [-0.39, 0.29) is 12.3 Å². The van der Waals surface area contributed by atoms with Gasteiger partial charge in [-0.3, -0.25) is 0 Å². The maximum absolute atomic E-state index is 12.5. The van der Waals surface area contributed by atoms with E-state index in [1.807, 2.05) is 13.8 Å². The molecular weight excluding hydrogens is 353 g/mol. The fraction of sp³-hybridized carbons (Fsp3) is 0.375. The molecule has 0 unspecified atom stereocenters.